The molecule has 2 N–H and O–H groups in total. The number of hydrazine groups is 1. The number of hydrogen-bond donors (Lipinski definition) is 2. The molecular weight excluding hydrogens is 436 g/mol. The number of sulfone groups is 1. The minimum atomic E-state index is -3.74. The number of rotatable bonds is 15. The van der Waals surface area contributed by atoms with Crippen LogP contribution in [0.5, 0.6) is 0 Å². The van der Waals surface area contributed by atoms with Crippen LogP contribution in [0.15, 0.2) is 17.0 Å². The highest BCUT2D eigenvalue weighted by Gasteiger charge is 2.19. The zero-order valence-corrected chi connectivity index (χ0v) is 19.9. The van der Waals surface area contributed by atoms with Crippen molar-refractivity contribution in [2.24, 2.45) is 0 Å². The Morgan fingerprint density at radius 2 is 1.29 bits per heavy atom. The van der Waals surface area contributed by atoms with Crippen LogP contribution >= 0.6 is 0 Å². The van der Waals surface area contributed by atoms with Crippen LogP contribution in [0.25, 0.3) is 9.69 Å². The van der Waals surface area contributed by atoms with E-state index in [1.165, 1.54) is 44.6 Å². The molecule has 0 radical (unpaired) electrons. The molecule has 1 aromatic carbocycles. The largest absolute Gasteiger partial charge is 0.308 e. The third kappa shape index (κ3) is 10.1. The Kier molecular flexibility index (Phi) is 11.5. The number of nitrogens with one attached hydrogen (secondary N) is 2. The first-order valence-electron chi connectivity index (χ1n) is 10.5. The number of benzene rings is 1. The van der Waals surface area contributed by atoms with E-state index in [0.29, 0.717) is 6.42 Å². The third-order valence-corrected chi connectivity index (χ3v) is 7.20. The van der Waals surface area contributed by atoms with Gasteiger partial charge >= 0.3 is 0 Å². The van der Waals surface area contributed by atoms with Crippen LogP contribution in [0.4, 0.5) is 17.1 Å². The van der Waals surface area contributed by atoms with Crippen LogP contribution in [-0.4, -0.2) is 28.8 Å². The molecule has 8 nitrogen and oxygen atoms in total. The van der Waals surface area contributed by atoms with Crippen molar-refractivity contribution < 1.29 is 16.8 Å². The molecule has 0 amide bonds. The van der Waals surface area contributed by atoms with Gasteiger partial charge in [-0.25, -0.2) is 16.8 Å². The van der Waals surface area contributed by atoms with Crippen molar-refractivity contribution in [2.75, 3.05) is 17.4 Å². The molecule has 172 valence electrons. The summed E-state index contributed by atoms with van der Waals surface area (Å²) in [6, 6.07) is 2.24. The molecule has 31 heavy (non-hydrogen) atoms. The van der Waals surface area contributed by atoms with Crippen molar-refractivity contribution in [1.82, 2.24) is 4.83 Å². The van der Waals surface area contributed by atoms with E-state index in [2.05, 4.69) is 26.9 Å². The standard InChI is InChI=1S/C21H32N4O4S2/c1-5-6-7-8-9-10-11-12-13-14-15-31(28,29)25-24-20-16-18(22-2)19(23-3)17-21(20)30(4,26)27/h16-17,24-25H,5-15H2,1,4H3. The average molecular weight is 469 g/mol. The second kappa shape index (κ2) is 13.3. The SMILES string of the molecule is [C-]#[N+]c1cc(NNS(=O)(=O)CCCCCCCCCCCC)c(S(C)(=O)=O)cc1[N+]#[C-]. The molecule has 0 aliphatic heterocycles. The Bertz CT molecular complexity index is 1010. The first-order valence-corrected chi connectivity index (χ1v) is 14.1. The molecule has 1 rings (SSSR count). The van der Waals surface area contributed by atoms with Gasteiger partial charge in [-0.3, -0.25) is 9.69 Å². The number of hydrogen-bond acceptors (Lipinski definition) is 5. The summed E-state index contributed by atoms with van der Waals surface area (Å²) in [5, 5.41) is 0. The summed E-state index contributed by atoms with van der Waals surface area (Å²) in [5.41, 5.74) is 2.17. The topological polar surface area (TPSA) is 101 Å². The minimum Gasteiger partial charge on any atom is -0.308 e. The lowest BCUT2D eigenvalue weighted by molar-refractivity contribution is 0.556. The molecular formula is C21H32N4O4S2. The van der Waals surface area contributed by atoms with E-state index in [1.807, 2.05) is 0 Å². The highest BCUT2D eigenvalue weighted by molar-refractivity contribution is 7.91. The van der Waals surface area contributed by atoms with Crippen LogP contribution in [0.2, 0.25) is 0 Å². The zero-order valence-electron chi connectivity index (χ0n) is 18.3. The van der Waals surface area contributed by atoms with E-state index < -0.39 is 19.9 Å². The average Bonchev–Trinajstić information content (AvgIpc) is 2.72. The highest BCUT2D eigenvalue weighted by atomic mass is 32.2. The molecule has 0 atom stereocenters. The summed E-state index contributed by atoms with van der Waals surface area (Å²) in [6.07, 6.45) is 11.8. The van der Waals surface area contributed by atoms with Gasteiger partial charge in [0.05, 0.1) is 29.5 Å². The molecule has 0 heterocycles. The van der Waals surface area contributed by atoms with Crippen molar-refractivity contribution in [3.05, 3.63) is 35.0 Å². The second-order valence-corrected chi connectivity index (χ2v) is 11.4. The highest BCUT2D eigenvalue weighted by Crippen LogP contribution is 2.36. The van der Waals surface area contributed by atoms with Crippen LogP contribution in [0.3, 0.4) is 0 Å². The van der Waals surface area contributed by atoms with E-state index in [4.69, 9.17) is 13.1 Å². The molecule has 1 aromatic rings. The fourth-order valence-corrected chi connectivity index (χ4v) is 4.89. The van der Waals surface area contributed by atoms with E-state index in [0.717, 1.165) is 31.6 Å². The monoisotopic (exact) mass is 468 g/mol. The van der Waals surface area contributed by atoms with Gasteiger partial charge in [-0.05, 0) is 18.6 Å². The van der Waals surface area contributed by atoms with Crippen molar-refractivity contribution in [3.63, 3.8) is 0 Å². The summed E-state index contributed by atoms with van der Waals surface area (Å²) in [4.78, 5) is 8.30. The lowest BCUT2D eigenvalue weighted by Crippen LogP contribution is -2.32. The number of sulfonamides is 1. The van der Waals surface area contributed by atoms with Crippen molar-refractivity contribution >= 4 is 36.9 Å². The molecule has 10 heteroatoms. The molecule has 0 fully saturated rings. The number of nitrogens with zero attached hydrogens (tertiary/aromatic N) is 2. The van der Waals surface area contributed by atoms with E-state index in [9.17, 15) is 16.8 Å². The molecule has 0 unspecified atom stereocenters. The summed E-state index contributed by atoms with van der Waals surface area (Å²) in [5.74, 6) is -0.0828. The first-order chi connectivity index (χ1) is 14.6. The predicted molar refractivity (Wildman–Crippen MR) is 124 cm³/mol. The lowest BCUT2D eigenvalue weighted by Gasteiger charge is -2.14. The van der Waals surface area contributed by atoms with Gasteiger partial charge in [0, 0.05) is 6.26 Å². The quantitative estimate of drug-likeness (QED) is 0.205. The summed E-state index contributed by atoms with van der Waals surface area (Å²) < 4.78 is 48.5. The first kappa shape index (κ1) is 26.9. The van der Waals surface area contributed by atoms with E-state index in [-0.39, 0.29) is 27.7 Å². The molecule has 0 saturated carbocycles. The van der Waals surface area contributed by atoms with Crippen LogP contribution < -0.4 is 10.3 Å². The molecule has 0 saturated heterocycles. The second-order valence-electron chi connectivity index (χ2n) is 7.56. The van der Waals surface area contributed by atoms with Gasteiger partial charge in [-0.2, -0.15) is 0 Å². The summed E-state index contributed by atoms with van der Waals surface area (Å²) >= 11 is 0. The molecule has 0 aliphatic carbocycles. The Hall–Kier alpha value is -2.14. The molecule has 0 spiro atoms. The Morgan fingerprint density at radius 1 is 0.806 bits per heavy atom. The molecule has 0 bridgehead atoms. The Balaban J connectivity index is 2.55. The minimum absolute atomic E-state index is 0.0567. The van der Waals surface area contributed by atoms with Gasteiger partial charge < -0.3 is 5.43 Å². The van der Waals surface area contributed by atoms with Gasteiger partial charge in [-0.15, -0.1) is 4.83 Å². The molecule has 0 aromatic heterocycles. The fraction of sp³-hybridized carbons (Fsp3) is 0.619. The predicted octanol–water partition coefficient (Wildman–Crippen LogP) is 5.36. The third-order valence-electron chi connectivity index (χ3n) is 4.82. The van der Waals surface area contributed by atoms with Gasteiger partial charge in [0.25, 0.3) is 0 Å². The number of anilines is 1. The zero-order chi connectivity index (χ0) is 23.3. The van der Waals surface area contributed by atoms with Crippen LogP contribution in [-0.2, 0) is 19.9 Å². The van der Waals surface area contributed by atoms with Crippen LogP contribution in [0, 0.1) is 13.1 Å². The van der Waals surface area contributed by atoms with Gasteiger partial charge in [0.15, 0.2) is 21.2 Å². The Morgan fingerprint density at radius 3 is 1.77 bits per heavy atom. The summed E-state index contributed by atoms with van der Waals surface area (Å²) in [6.45, 7) is 16.4. The summed E-state index contributed by atoms with van der Waals surface area (Å²) in [7, 11) is -7.42. The normalized spacial score (nSPS) is 11.6. The van der Waals surface area contributed by atoms with E-state index in [1.54, 1.807) is 0 Å². The fourth-order valence-electron chi connectivity index (χ4n) is 3.10. The van der Waals surface area contributed by atoms with Gasteiger partial charge in [0.2, 0.25) is 10.0 Å². The van der Waals surface area contributed by atoms with E-state index >= 15 is 0 Å². The maximum Gasteiger partial charge on any atom is 0.228 e. The lowest BCUT2D eigenvalue weighted by atomic mass is 10.1. The van der Waals surface area contributed by atoms with Gasteiger partial charge in [-0.1, -0.05) is 64.7 Å². The van der Waals surface area contributed by atoms with Crippen molar-refractivity contribution in [3.8, 4) is 0 Å². The molecule has 0 aliphatic rings. The smallest absolute Gasteiger partial charge is 0.228 e. The van der Waals surface area contributed by atoms with Crippen molar-refractivity contribution in [2.45, 2.75) is 76.0 Å². The van der Waals surface area contributed by atoms with Crippen molar-refractivity contribution in [1.29, 1.82) is 0 Å². The number of unbranched alkanes of at least 4 members (excludes halogenated alkanes) is 9. The maximum absolute atomic E-state index is 12.2. The maximum atomic E-state index is 12.2. The van der Waals surface area contributed by atoms with Gasteiger partial charge in [0.1, 0.15) is 0 Å². The Labute approximate surface area is 187 Å². The van der Waals surface area contributed by atoms with Crippen LogP contribution in [0.1, 0.15) is 71.1 Å².